The molecule has 3 aromatic rings. The van der Waals surface area contributed by atoms with E-state index in [0.717, 1.165) is 44.2 Å². The van der Waals surface area contributed by atoms with Gasteiger partial charge in [-0.15, -0.1) is 11.3 Å². The van der Waals surface area contributed by atoms with Gasteiger partial charge in [-0.2, -0.15) is 26.3 Å². The number of nitrogens with zero attached hydrogens (tertiary/aromatic N) is 4. The number of carbonyl (C=O) groups is 2. The number of carboxylic acids is 2. The van der Waals surface area contributed by atoms with E-state index in [1.165, 1.54) is 4.88 Å². The second-order valence-electron chi connectivity index (χ2n) is 8.09. The van der Waals surface area contributed by atoms with Crippen LogP contribution >= 0.6 is 11.3 Å². The molecule has 0 aromatic carbocycles. The van der Waals surface area contributed by atoms with Gasteiger partial charge in [-0.25, -0.2) is 14.6 Å². The summed E-state index contributed by atoms with van der Waals surface area (Å²) in [7, 11) is 0. The molecule has 0 aliphatic carbocycles. The van der Waals surface area contributed by atoms with Gasteiger partial charge in [-0.1, -0.05) is 12.1 Å². The third-order valence-corrected chi connectivity index (χ3v) is 5.79. The lowest BCUT2D eigenvalue weighted by Gasteiger charge is -2.23. The fourth-order valence-corrected chi connectivity index (χ4v) is 4.05. The molecule has 0 saturated carbocycles. The molecule has 0 saturated heterocycles. The standard InChI is InChI=1S/C19H22N4OS.2C2HF3O2/c1-3-16(9-20-5-1)14-24-15-17-10-22(12-18-4-2-8-25-18)13-19-21-6-7-23(19)11-17;2*3-2(4,5)1(6)7/h1-9,17H,10-15H2;2*(H,6,7). The SMILES string of the molecule is O=C(O)C(F)(F)F.O=C(O)C(F)(F)F.c1cncc(COCC2CN(Cc3cccs3)Cc3nccn3C2)c1. The number of ether oxygens (including phenoxy) is 1. The predicted molar refractivity (Wildman–Crippen MR) is 125 cm³/mol. The summed E-state index contributed by atoms with van der Waals surface area (Å²) in [6.45, 7) is 5.21. The number of aliphatic carboxylic acids is 2. The van der Waals surface area contributed by atoms with E-state index in [9.17, 15) is 26.3 Å². The van der Waals surface area contributed by atoms with Crippen molar-refractivity contribution in [1.82, 2.24) is 19.4 Å². The average Bonchev–Trinajstić information content (AvgIpc) is 3.48. The molecular formula is C23H24F6N4O5S. The molecule has 4 rings (SSSR count). The van der Waals surface area contributed by atoms with Gasteiger partial charge in [0.05, 0.1) is 19.8 Å². The van der Waals surface area contributed by atoms with Gasteiger partial charge in [-0.3, -0.25) is 9.88 Å². The Kier molecular flexibility index (Phi) is 11.9. The number of fused-ring (bicyclic) bond motifs is 1. The van der Waals surface area contributed by atoms with Crippen LogP contribution in [0, 0.1) is 5.92 Å². The number of rotatable bonds is 6. The van der Waals surface area contributed by atoms with E-state index in [-0.39, 0.29) is 0 Å². The maximum absolute atomic E-state index is 10.6. The van der Waals surface area contributed by atoms with Gasteiger partial charge in [0.15, 0.2) is 0 Å². The van der Waals surface area contributed by atoms with Crippen molar-refractivity contribution in [3.8, 4) is 0 Å². The Bertz CT molecular complexity index is 1130. The maximum atomic E-state index is 10.6. The van der Waals surface area contributed by atoms with Gasteiger partial charge in [0, 0.05) is 55.2 Å². The number of aromatic nitrogens is 3. The monoisotopic (exact) mass is 582 g/mol. The number of hydrogen-bond donors (Lipinski definition) is 2. The first-order chi connectivity index (χ1) is 18.3. The third-order valence-electron chi connectivity index (χ3n) is 4.93. The number of thiophene rings is 1. The fraction of sp³-hybridized carbons (Fsp3) is 0.391. The molecule has 0 bridgehead atoms. The minimum atomic E-state index is -5.08. The molecule has 39 heavy (non-hydrogen) atoms. The molecule has 0 radical (unpaired) electrons. The van der Waals surface area contributed by atoms with Crippen LogP contribution in [-0.2, 0) is 40.6 Å². The van der Waals surface area contributed by atoms with E-state index in [2.05, 4.69) is 49.2 Å². The molecule has 1 unspecified atom stereocenters. The van der Waals surface area contributed by atoms with E-state index in [4.69, 9.17) is 24.5 Å². The Morgan fingerprint density at radius 1 is 1.03 bits per heavy atom. The minimum absolute atomic E-state index is 0.451. The summed E-state index contributed by atoms with van der Waals surface area (Å²) in [5.41, 5.74) is 1.12. The van der Waals surface area contributed by atoms with Crippen molar-refractivity contribution in [2.45, 2.75) is 38.6 Å². The largest absolute Gasteiger partial charge is 0.490 e. The highest BCUT2D eigenvalue weighted by Crippen LogP contribution is 2.20. The van der Waals surface area contributed by atoms with Gasteiger partial charge in [-0.05, 0) is 23.1 Å². The Morgan fingerprint density at radius 3 is 2.23 bits per heavy atom. The van der Waals surface area contributed by atoms with Crippen LogP contribution in [0.3, 0.4) is 0 Å². The Balaban J connectivity index is 0.000000317. The number of pyridine rings is 1. The third kappa shape index (κ3) is 11.8. The summed E-state index contributed by atoms with van der Waals surface area (Å²) in [6.07, 6.45) is -2.53. The summed E-state index contributed by atoms with van der Waals surface area (Å²) >= 11 is 1.82. The zero-order valence-electron chi connectivity index (χ0n) is 20.1. The van der Waals surface area contributed by atoms with Crippen LogP contribution < -0.4 is 0 Å². The zero-order valence-corrected chi connectivity index (χ0v) is 20.9. The van der Waals surface area contributed by atoms with Crippen molar-refractivity contribution in [1.29, 1.82) is 0 Å². The summed E-state index contributed by atoms with van der Waals surface area (Å²) in [5.74, 6) is -3.92. The van der Waals surface area contributed by atoms with Crippen molar-refractivity contribution < 1.29 is 50.9 Å². The highest BCUT2D eigenvalue weighted by Gasteiger charge is 2.38. The van der Waals surface area contributed by atoms with Gasteiger partial charge < -0.3 is 19.5 Å². The van der Waals surface area contributed by atoms with Crippen molar-refractivity contribution in [2.24, 2.45) is 5.92 Å². The van der Waals surface area contributed by atoms with Crippen LogP contribution in [0.25, 0.3) is 0 Å². The number of alkyl halides is 6. The van der Waals surface area contributed by atoms with E-state index < -0.39 is 24.3 Å². The Morgan fingerprint density at radius 2 is 1.69 bits per heavy atom. The first kappa shape index (κ1) is 31.7. The number of imidazole rings is 1. The van der Waals surface area contributed by atoms with Gasteiger partial charge in [0.1, 0.15) is 5.82 Å². The Labute approximate surface area is 222 Å². The van der Waals surface area contributed by atoms with Crippen molar-refractivity contribution in [3.63, 3.8) is 0 Å². The van der Waals surface area contributed by atoms with Gasteiger partial charge in [0.25, 0.3) is 0 Å². The highest BCUT2D eigenvalue weighted by atomic mass is 32.1. The van der Waals surface area contributed by atoms with Crippen LogP contribution in [0.15, 0.2) is 54.4 Å². The molecular weight excluding hydrogens is 558 g/mol. The first-order valence-corrected chi connectivity index (χ1v) is 11.9. The molecule has 214 valence electrons. The first-order valence-electron chi connectivity index (χ1n) is 11.1. The Hall–Kier alpha value is -3.50. The normalized spacial score (nSPS) is 15.6. The van der Waals surface area contributed by atoms with Crippen molar-refractivity contribution in [2.75, 3.05) is 13.2 Å². The smallest absolute Gasteiger partial charge is 0.475 e. The lowest BCUT2D eigenvalue weighted by molar-refractivity contribution is -0.193. The molecule has 0 fully saturated rings. The quantitative estimate of drug-likeness (QED) is 0.410. The fourth-order valence-electron chi connectivity index (χ4n) is 3.30. The zero-order chi connectivity index (χ0) is 29.1. The van der Waals surface area contributed by atoms with Crippen LogP contribution in [-0.4, -0.2) is 67.1 Å². The molecule has 2 N–H and O–H groups in total. The highest BCUT2D eigenvalue weighted by molar-refractivity contribution is 7.09. The number of carboxylic acid groups (broad SMARTS) is 2. The number of halogens is 6. The molecule has 4 heterocycles. The molecule has 16 heteroatoms. The van der Waals surface area contributed by atoms with E-state index in [1.54, 1.807) is 6.20 Å². The van der Waals surface area contributed by atoms with Crippen LogP contribution in [0.5, 0.6) is 0 Å². The van der Waals surface area contributed by atoms with Crippen LogP contribution in [0.4, 0.5) is 26.3 Å². The minimum Gasteiger partial charge on any atom is -0.475 e. The van der Waals surface area contributed by atoms with Crippen LogP contribution in [0.2, 0.25) is 0 Å². The molecule has 3 aromatic heterocycles. The topological polar surface area (TPSA) is 118 Å². The summed E-state index contributed by atoms with van der Waals surface area (Å²) < 4.78 is 71.7. The van der Waals surface area contributed by atoms with Gasteiger partial charge >= 0.3 is 24.3 Å². The predicted octanol–water partition coefficient (Wildman–Crippen LogP) is 4.46. The molecule has 1 aliphatic heterocycles. The maximum Gasteiger partial charge on any atom is 0.490 e. The lowest BCUT2D eigenvalue weighted by Crippen LogP contribution is -2.29. The van der Waals surface area contributed by atoms with Crippen molar-refractivity contribution >= 4 is 23.3 Å². The summed E-state index contributed by atoms with van der Waals surface area (Å²) in [4.78, 5) is 30.3. The molecule has 9 nitrogen and oxygen atoms in total. The summed E-state index contributed by atoms with van der Waals surface area (Å²) in [5, 5.41) is 16.4. The van der Waals surface area contributed by atoms with E-state index >= 15 is 0 Å². The molecule has 1 atom stereocenters. The van der Waals surface area contributed by atoms with Crippen molar-refractivity contribution in [3.05, 3.63) is 70.7 Å². The second-order valence-corrected chi connectivity index (χ2v) is 9.13. The van der Waals surface area contributed by atoms with Gasteiger partial charge in [0.2, 0.25) is 0 Å². The number of hydrogen-bond acceptors (Lipinski definition) is 7. The van der Waals surface area contributed by atoms with E-state index in [0.29, 0.717) is 12.5 Å². The molecule has 0 amide bonds. The molecule has 0 spiro atoms. The summed E-state index contributed by atoms with van der Waals surface area (Å²) in [6, 6.07) is 8.32. The van der Waals surface area contributed by atoms with E-state index in [1.807, 2.05) is 29.8 Å². The van der Waals surface area contributed by atoms with Crippen LogP contribution in [0.1, 0.15) is 16.3 Å². The second kappa shape index (κ2) is 14.6. The lowest BCUT2D eigenvalue weighted by atomic mass is 10.1. The average molecular weight is 583 g/mol. The molecule has 1 aliphatic rings.